The monoisotopic (exact) mass is 397 g/mol. The number of carbonyl (C=O) groups is 2. The van der Waals surface area contributed by atoms with Gasteiger partial charge in [-0.3, -0.25) is 14.5 Å². The Hall–Kier alpha value is -1.51. The van der Waals surface area contributed by atoms with E-state index in [0.29, 0.717) is 17.7 Å². The van der Waals surface area contributed by atoms with Crippen molar-refractivity contribution >= 4 is 40.7 Å². The number of halogens is 5. The lowest BCUT2D eigenvalue weighted by Gasteiger charge is -2.27. The Labute approximate surface area is 152 Å². The quantitative estimate of drug-likeness (QED) is 0.819. The van der Waals surface area contributed by atoms with E-state index in [1.165, 1.54) is 12.1 Å². The molecule has 5 nitrogen and oxygen atoms in total. The lowest BCUT2D eigenvalue weighted by atomic mass is 10.1. The minimum absolute atomic E-state index is 0.0411. The zero-order valence-corrected chi connectivity index (χ0v) is 14.7. The van der Waals surface area contributed by atoms with E-state index >= 15 is 0 Å². The molecule has 1 aromatic carbocycles. The fraction of sp³-hybridized carbons (Fsp3) is 0.467. The van der Waals surface area contributed by atoms with Crippen LogP contribution in [-0.4, -0.2) is 36.6 Å². The normalized spacial score (nSPS) is 18.0. The summed E-state index contributed by atoms with van der Waals surface area (Å²) in [7, 11) is 0. The van der Waals surface area contributed by atoms with Gasteiger partial charge < -0.3 is 11.1 Å². The van der Waals surface area contributed by atoms with Crippen LogP contribution in [0.2, 0.25) is 10.0 Å². The first-order valence-corrected chi connectivity index (χ1v) is 8.22. The van der Waals surface area contributed by atoms with Crippen molar-refractivity contribution in [3.05, 3.63) is 27.7 Å². The minimum atomic E-state index is -4.56. The zero-order valence-electron chi connectivity index (χ0n) is 13.2. The predicted molar refractivity (Wildman–Crippen MR) is 88.8 cm³/mol. The van der Waals surface area contributed by atoms with E-state index in [1.54, 1.807) is 12.2 Å². The van der Waals surface area contributed by atoms with E-state index in [4.69, 9.17) is 28.9 Å². The van der Waals surface area contributed by atoms with Crippen LogP contribution in [0.3, 0.4) is 0 Å². The van der Waals surface area contributed by atoms with Gasteiger partial charge in [0, 0.05) is 12.1 Å². The number of hydrogen-bond donors (Lipinski definition) is 2. The topological polar surface area (TPSA) is 75.4 Å². The number of fused-ring (bicyclic) bond motifs is 1. The fourth-order valence-corrected chi connectivity index (χ4v) is 3.01. The number of rotatable bonds is 4. The molecule has 0 unspecified atom stereocenters. The van der Waals surface area contributed by atoms with Gasteiger partial charge in [0.15, 0.2) is 0 Å². The van der Waals surface area contributed by atoms with E-state index in [2.05, 4.69) is 0 Å². The van der Waals surface area contributed by atoms with Gasteiger partial charge in [-0.15, -0.1) is 0 Å². The molecule has 2 rings (SSSR count). The van der Waals surface area contributed by atoms with Gasteiger partial charge >= 0.3 is 6.18 Å². The van der Waals surface area contributed by atoms with Crippen molar-refractivity contribution in [3.63, 3.8) is 0 Å². The van der Waals surface area contributed by atoms with Crippen LogP contribution in [0.1, 0.15) is 18.9 Å². The Morgan fingerprint density at radius 3 is 2.60 bits per heavy atom. The van der Waals surface area contributed by atoms with Gasteiger partial charge in [-0.2, -0.15) is 13.2 Å². The summed E-state index contributed by atoms with van der Waals surface area (Å²) in [6.45, 7) is 0.197. The Morgan fingerprint density at radius 2 is 2.04 bits per heavy atom. The van der Waals surface area contributed by atoms with Crippen LogP contribution in [0.5, 0.6) is 0 Å². The van der Waals surface area contributed by atoms with E-state index in [-0.39, 0.29) is 16.5 Å². The zero-order chi connectivity index (χ0) is 18.9. The van der Waals surface area contributed by atoms with Gasteiger partial charge in [-0.1, -0.05) is 30.1 Å². The van der Waals surface area contributed by atoms with Gasteiger partial charge in [-0.25, -0.2) is 0 Å². The molecule has 0 bridgehead atoms. The van der Waals surface area contributed by atoms with Crippen molar-refractivity contribution in [3.8, 4) is 0 Å². The number of hydrogen-bond acceptors (Lipinski definition) is 3. The van der Waals surface area contributed by atoms with E-state index < -0.39 is 36.6 Å². The number of nitrogens with two attached hydrogens (primary N) is 1. The highest BCUT2D eigenvalue weighted by molar-refractivity contribution is 6.43. The average Bonchev–Trinajstić information content (AvgIpc) is 2.94. The molecule has 25 heavy (non-hydrogen) atoms. The van der Waals surface area contributed by atoms with Crippen LogP contribution in [0.25, 0.3) is 0 Å². The lowest BCUT2D eigenvalue weighted by molar-refractivity contribution is -0.139. The summed E-state index contributed by atoms with van der Waals surface area (Å²) in [6, 6.07) is 0.897. The highest BCUT2D eigenvalue weighted by atomic mass is 35.5. The summed E-state index contributed by atoms with van der Waals surface area (Å²) in [5, 5.41) is 2.19. The van der Waals surface area contributed by atoms with E-state index in [1.807, 2.05) is 0 Å². The molecule has 2 atom stereocenters. The lowest BCUT2D eigenvalue weighted by Crippen LogP contribution is -2.53. The van der Waals surface area contributed by atoms with Crippen LogP contribution in [-0.2, 0) is 16.0 Å². The summed E-state index contributed by atoms with van der Waals surface area (Å²) >= 11 is 12.1. The van der Waals surface area contributed by atoms with Crippen molar-refractivity contribution in [1.82, 2.24) is 5.32 Å². The maximum atomic E-state index is 12.6. The summed E-state index contributed by atoms with van der Waals surface area (Å²) in [5.41, 5.74) is 6.52. The molecule has 0 radical (unpaired) electrons. The number of nitrogens with one attached hydrogen (secondary N) is 1. The Bertz CT molecular complexity index is 697. The predicted octanol–water partition coefficient (Wildman–Crippen LogP) is 2.67. The smallest absolute Gasteiger partial charge is 0.345 e. The standard InChI is InChI=1S/C15H16Cl2F3N3O2/c1-2-9(21)14(25)23-10-4-3-8(16)12(17)7(10)5-11(23)13(24)22-6-15(18,19)20/h3-4,9,11H,2,5-6,21H2,1H3,(H,22,24)/t9-,11-/m0/s1. The third kappa shape index (κ3) is 4.19. The Balaban J connectivity index is 2.37. The molecule has 0 aromatic heterocycles. The van der Waals surface area contributed by atoms with Crippen LogP contribution >= 0.6 is 23.2 Å². The van der Waals surface area contributed by atoms with Crippen LogP contribution in [0.4, 0.5) is 18.9 Å². The molecule has 0 saturated carbocycles. The summed E-state index contributed by atoms with van der Waals surface area (Å²) in [5.74, 6) is -1.50. The van der Waals surface area contributed by atoms with E-state index in [0.717, 1.165) is 4.90 Å². The van der Waals surface area contributed by atoms with Crippen LogP contribution in [0, 0.1) is 0 Å². The van der Waals surface area contributed by atoms with E-state index in [9.17, 15) is 22.8 Å². The molecule has 0 fully saturated rings. The number of alkyl halides is 3. The summed E-state index contributed by atoms with van der Waals surface area (Å²) < 4.78 is 37.1. The number of benzene rings is 1. The maximum absolute atomic E-state index is 12.6. The van der Waals surface area contributed by atoms with Gasteiger partial charge in [-0.05, 0) is 24.1 Å². The summed E-state index contributed by atoms with van der Waals surface area (Å²) in [6.07, 6.45) is -4.29. The number of nitrogens with zero attached hydrogens (tertiary/aromatic N) is 1. The largest absolute Gasteiger partial charge is 0.405 e. The third-order valence-corrected chi connectivity index (χ3v) is 4.74. The summed E-state index contributed by atoms with van der Waals surface area (Å²) in [4.78, 5) is 25.9. The Morgan fingerprint density at radius 1 is 1.40 bits per heavy atom. The number of anilines is 1. The molecule has 0 saturated heterocycles. The fourth-order valence-electron chi connectivity index (χ4n) is 2.60. The SMILES string of the molecule is CC[C@H](N)C(=O)N1c2ccc(Cl)c(Cl)c2C[C@H]1C(=O)NCC(F)(F)F. The molecule has 138 valence electrons. The molecule has 1 aliphatic heterocycles. The second-order valence-corrected chi connectivity index (χ2v) is 6.42. The van der Waals surface area contributed by atoms with Crippen LogP contribution in [0.15, 0.2) is 12.1 Å². The molecule has 0 aliphatic carbocycles. The van der Waals surface area contributed by atoms with Crippen molar-refractivity contribution in [2.24, 2.45) is 5.73 Å². The molecule has 1 aliphatic rings. The number of carbonyl (C=O) groups excluding carboxylic acids is 2. The van der Waals surface area contributed by atoms with Gasteiger partial charge in [0.2, 0.25) is 11.8 Å². The second kappa shape index (κ2) is 7.39. The Kier molecular flexibility index (Phi) is 5.86. The molecule has 3 N–H and O–H groups in total. The molecule has 1 heterocycles. The molecule has 1 aromatic rings. The average molecular weight is 398 g/mol. The van der Waals surface area contributed by atoms with Crippen molar-refractivity contribution < 1.29 is 22.8 Å². The second-order valence-electron chi connectivity index (χ2n) is 5.63. The van der Waals surface area contributed by atoms with Crippen molar-refractivity contribution in [2.45, 2.75) is 38.0 Å². The maximum Gasteiger partial charge on any atom is 0.405 e. The molecule has 0 spiro atoms. The first-order valence-electron chi connectivity index (χ1n) is 7.46. The van der Waals surface area contributed by atoms with Crippen LogP contribution < -0.4 is 16.0 Å². The molecular weight excluding hydrogens is 382 g/mol. The van der Waals surface area contributed by atoms with Crippen molar-refractivity contribution in [1.29, 1.82) is 0 Å². The van der Waals surface area contributed by atoms with Gasteiger partial charge in [0.05, 0.1) is 16.1 Å². The molecule has 2 amide bonds. The molecular formula is C15H16Cl2F3N3O2. The van der Waals surface area contributed by atoms with Gasteiger partial charge in [0.1, 0.15) is 12.6 Å². The third-order valence-electron chi connectivity index (χ3n) is 3.90. The highest BCUT2D eigenvalue weighted by Gasteiger charge is 2.42. The van der Waals surface area contributed by atoms with Gasteiger partial charge in [0.25, 0.3) is 0 Å². The van der Waals surface area contributed by atoms with Crippen molar-refractivity contribution in [2.75, 3.05) is 11.4 Å². The molecule has 10 heteroatoms. The number of amides is 2. The first-order chi connectivity index (χ1) is 11.6. The minimum Gasteiger partial charge on any atom is -0.345 e. The first kappa shape index (κ1) is 19.8. The highest BCUT2D eigenvalue weighted by Crippen LogP contribution is 2.40.